The van der Waals surface area contributed by atoms with E-state index in [4.69, 9.17) is 0 Å². The summed E-state index contributed by atoms with van der Waals surface area (Å²) in [5.74, 6) is -1.22. The number of nitrogens with zero attached hydrogens (tertiary/aromatic N) is 1. The van der Waals surface area contributed by atoms with Gasteiger partial charge in [-0.3, -0.25) is 0 Å². The zero-order valence-electron chi connectivity index (χ0n) is 16.0. The fraction of sp³-hybridized carbons (Fsp3) is 0.381. The summed E-state index contributed by atoms with van der Waals surface area (Å²) in [5.41, 5.74) is 1.72. The zero-order valence-corrected chi connectivity index (χ0v) is 18.3. The topological polar surface area (TPSA) is 56.7 Å². The van der Waals surface area contributed by atoms with Gasteiger partial charge in [0.2, 0.25) is 0 Å². The van der Waals surface area contributed by atoms with Crippen LogP contribution in [0.1, 0.15) is 43.0 Å². The molecule has 0 saturated carbocycles. The van der Waals surface area contributed by atoms with Crippen LogP contribution in [0.15, 0.2) is 47.5 Å². The van der Waals surface area contributed by atoms with Gasteiger partial charge in [0.1, 0.15) is 5.60 Å². The Hall–Kier alpha value is -1.74. The lowest BCUT2D eigenvalue weighted by atomic mass is 9.96. The highest BCUT2D eigenvalue weighted by Gasteiger charge is 2.36. The Balaban J connectivity index is 0.00000280. The van der Waals surface area contributed by atoms with Crippen molar-refractivity contribution >= 4 is 29.9 Å². The Labute approximate surface area is 181 Å². The minimum atomic E-state index is -0.982. The quantitative estimate of drug-likeness (QED) is 0.330. The van der Waals surface area contributed by atoms with E-state index >= 15 is 0 Å². The summed E-state index contributed by atoms with van der Waals surface area (Å²) >= 11 is 0. The maximum Gasteiger partial charge on any atom is 0.191 e. The summed E-state index contributed by atoms with van der Waals surface area (Å²) in [5, 5.41) is 17.3. The van der Waals surface area contributed by atoms with Crippen LogP contribution in [-0.4, -0.2) is 24.2 Å². The SMILES string of the molecule is CCNC(=NCC1(O)CCc2ccccc21)NC(C)c1ccc(F)c(F)c1.I. The number of halogens is 3. The lowest BCUT2D eigenvalue weighted by molar-refractivity contribution is 0.0485. The van der Waals surface area contributed by atoms with Crippen molar-refractivity contribution in [2.45, 2.75) is 38.3 Å². The molecule has 0 amide bonds. The van der Waals surface area contributed by atoms with E-state index < -0.39 is 17.2 Å². The maximum atomic E-state index is 13.5. The Kier molecular flexibility index (Phi) is 7.77. The third-order valence-corrected chi connectivity index (χ3v) is 4.97. The molecule has 0 fully saturated rings. The smallest absolute Gasteiger partial charge is 0.191 e. The van der Waals surface area contributed by atoms with E-state index in [1.807, 2.05) is 38.1 Å². The van der Waals surface area contributed by atoms with Crippen LogP contribution >= 0.6 is 24.0 Å². The van der Waals surface area contributed by atoms with Crippen LogP contribution in [0, 0.1) is 11.6 Å². The molecule has 0 aliphatic heterocycles. The molecule has 2 unspecified atom stereocenters. The molecule has 7 heteroatoms. The second-order valence-electron chi connectivity index (χ2n) is 6.92. The molecule has 0 radical (unpaired) electrons. The van der Waals surface area contributed by atoms with E-state index in [1.54, 1.807) is 6.07 Å². The van der Waals surface area contributed by atoms with Gasteiger partial charge in [-0.2, -0.15) is 0 Å². The van der Waals surface area contributed by atoms with Crippen LogP contribution < -0.4 is 10.6 Å². The van der Waals surface area contributed by atoms with E-state index in [9.17, 15) is 13.9 Å². The van der Waals surface area contributed by atoms with E-state index in [0.717, 1.165) is 23.6 Å². The fourth-order valence-electron chi connectivity index (χ4n) is 3.43. The van der Waals surface area contributed by atoms with Gasteiger partial charge in [-0.1, -0.05) is 30.3 Å². The lowest BCUT2D eigenvalue weighted by Crippen LogP contribution is -2.40. The molecule has 0 heterocycles. The predicted octanol–water partition coefficient (Wildman–Crippen LogP) is 4.03. The molecule has 0 saturated heterocycles. The lowest BCUT2D eigenvalue weighted by Gasteiger charge is -2.24. The Morgan fingerprint density at radius 1 is 1.21 bits per heavy atom. The first-order chi connectivity index (χ1) is 12.9. The first-order valence-electron chi connectivity index (χ1n) is 9.23. The van der Waals surface area contributed by atoms with Crippen LogP contribution in [0.4, 0.5) is 8.78 Å². The molecule has 2 atom stereocenters. The average molecular weight is 501 g/mol. The van der Waals surface area contributed by atoms with E-state index in [0.29, 0.717) is 24.5 Å². The highest BCUT2D eigenvalue weighted by atomic mass is 127. The van der Waals surface area contributed by atoms with Gasteiger partial charge in [0.25, 0.3) is 0 Å². The second-order valence-corrected chi connectivity index (χ2v) is 6.92. The van der Waals surface area contributed by atoms with Crippen molar-refractivity contribution in [3.8, 4) is 0 Å². The molecule has 4 nitrogen and oxygen atoms in total. The van der Waals surface area contributed by atoms with Crippen molar-refractivity contribution in [2.75, 3.05) is 13.1 Å². The molecule has 152 valence electrons. The second kappa shape index (κ2) is 9.65. The number of fused-ring (bicyclic) bond motifs is 1. The molecule has 3 N–H and O–H groups in total. The molecular weight excluding hydrogens is 475 g/mol. The highest BCUT2D eigenvalue weighted by Crippen LogP contribution is 2.36. The molecule has 0 aromatic heterocycles. The molecular formula is C21H26F2IN3O. The number of aliphatic hydroxyl groups is 1. The minimum Gasteiger partial charge on any atom is -0.383 e. The third kappa shape index (κ3) is 5.00. The number of rotatable bonds is 5. The number of nitrogens with one attached hydrogen (secondary N) is 2. The average Bonchev–Trinajstić information content (AvgIpc) is 3.00. The van der Waals surface area contributed by atoms with Gasteiger partial charge in [-0.15, -0.1) is 24.0 Å². The summed E-state index contributed by atoms with van der Waals surface area (Å²) in [7, 11) is 0. The summed E-state index contributed by atoms with van der Waals surface area (Å²) in [6.07, 6.45) is 1.46. The van der Waals surface area contributed by atoms with Crippen LogP contribution in [0.3, 0.4) is 0 Å². The Morgan fingerprint density at radius 2 is 1.96 bits per heavy atom. The molecule has 2 aromatic rings. The molecule has 2 aromatic carbocycles. The number of hydrogen-bond acceptors (Lipinski definition) is 2. The summed E-state index contributed by atoms with van der Waals surface area (Å²) in [6.45, 7) is 4.66. The van der Waals surface area contributed by atoms with Crippen molar-refractivity contribution < 1.29 is 13.9 Å². The van der Waals surface area contributed by atoms with Gasteiger partial charge in [-0.25, -0.2) is 13.8 Å². The molecule has 28 heavy (non-hydrogen) atoms. The first kappa shape index (κ1) is 22.5. The van der Waals surface area contributed by atoms with Crippen molar-refractivity contribution in [3.05, 3.63) is 70.8 Å². The fourth-order valence-corrected chi connectivity index (χ4v) is 3.43. The Bertz CT molecular complexity index is 846. The van der Waals surface area contributed by atoms with Crippen molar-refractivity contribution in [1.29, 1.82) is 0 Å². The standard InChI is InChI=1S/C21H25F2N3O.HI/c1-3-24-20(26-14(2)16-8-9-18(22)19(23)12-16)25-13-21(27)11-10-15-6-4-5-7-17(15)21;/h4-9,12,14,27H,3,10-11,13H2,1-2H3,(H2,24,25,26);1H. The van der Waals surface area contributed by atoms with Gasteiger partial charge in [0.15, 0.2) is 17.6 Å². The number of benzene rings is 2. The summed E-state index contributed by atoms with van der Waals surface area (Å²) in [6, 6.07) is 11.4. The largest absolute Gasteiger partial charge is 0.383 e. The van der Waals surface area contributed by atoms with Crippen molar-refractivity contribution in [3.63, 3.8) is 0 Å². The number of aryl methyl sites for hydroxylation is 1. The number of guanidine groups is 1. The van der Waals surface area contributed by atoms with Gasteiger partial charge >= 0.3 is 0 Å². The Morgan fingerprint density at radius 3 is 2.68 bits per heavy atom. The zero-order chi connectivity index (χ0) is 19.4. The summed E-state index contributed by atoms with van der Waals surface area (Å²) < 4.78 is 26.6. The molecule has 3 rings (SSSR count). The molecule has 0 bridgehead atoms. The first-order valence-corrected chi connectivity index (χ1v) is 9.23. The molecule has 1 aliphatic rings. The summed E-state index contributed by atoms with van der Waals surface area (Å²) in [4.78, 5) is 4.55. The van der Waals surface area contributed by atoms with Gasteiger partial charge in [-0.05, 0) is 55.5 Å². The number of hydrogen-bond donors (Lipinski definition) is 3. The van der Waals surface area contributed by atoms with Gasteiger partial charge < -0.3 is 15.7 Å². The van der Waals surface area contributed by atoms with Crippen LogP contribution in [0.2, 0.25) is 0 Å². The number of aliphatic imine (C=N–C) groups is 1. The third-order valence-electron chi connectivity index (χ3n) is 4.97. The minimum absolute atomic E-state index is 0. The van der Waals surface area contributed by atoms with E-state index in [-0.39, 0.29) is 36.6 Å². The van der Waals surface area contributed by atoms with Crippen LogP contribution in [0.25, 0.3) is 0 Å². The van der Waals surface area contributed by atoms with E-state index in [2.05, 4.69) is 15.6 Å². The van der Waals surface area contributed by atoms with Gasteiger partial charge in [0, 0.05) is 6.54 Å². The molecule has 1 aliphatic carbocycles. The van der Waals surface area contributed by atoms with Crippen molar-refractivity contribution in [1.82, 2.24) is 10.6 Å². The van der Waals surface area contributed by atoms with Gasteiger partial charge in [0.05, 0.1) is 12.6 Å². The monoisotopic (exact) mass is 501 g/mol. The van der Waals surface area contributed by atoms with E-state index in [1.165, 1.54) is 6.07 Å². The van der Waals surface area contributed by atoms with Crippen LogP contribution in [-0.2, 0) is 12.0 Å². The predicted molar refractivity (Wildman–Crippen MR) is 118 cm³/mol. The maximum absolute atomic E-state index is 13.5. The molecule has 0 spiro atoms. The van der Waals surface area contributed by atoms with Crippen molar-refractivity contribution in [2.24, 2.45) is 4.99 Å². The normalized spacial score (nSPS) is 19.5. The highest BCUT2D eigenvalue weighted by molar-refractivity contribution is 14.0. The van der Waals surface area contributed by atoms with Crippen LogP contribution in [0.5, 0.6) is 0 Å².